The number of benzene rings is 2. The maximum Gasteiger partial charge on any atom is 0.322 e. The molecule has 0 fully saturated rings. The highest BCUT2D eigenvalue weighted by molar-refractivity contribution is 6.32. The van der Waals surface area contributed by atoms with E-state index in [2.05, 4.69) is 20.8 Å². The van der Waals surface area contributed by atoms with Crippen LogP contribution in [0.25, 0.3) is 11.5 Å². The molecule has 2 N–H and O–H groups in total. The second-order valence-electron chi connectivity index (χ2n) is 5.85. The van der Waals surface area contributed by atoms with Crippen LogP contribution in [0.4, 0.5) is 17.4 Å². The second kappa shape index (κ2) is 8.48. The average molecular weight is 416 g/mol. The van der Waals surface area contributed by atoms with Gasteiger partial charge in [-0.05, 0) is 43.3 Å². The van der Waals surface area contributed by atoms with Gasteiger partial charge < -0.3 is 9.73 Å². The largest absolute Gasteiger partial charge is 0.403 e. The zero-order valence-corrected chi connectivity index (χ0v) is 15.7. The van der Waals surface area contributed by atoms with E-state index in [0.717, 1.165) is 0 Å². The molecule has 29 heavy (non-hydrogen) atoms. The molecule has 0 saturated carbocycles. The van der Waals surface area contributed by atoms with Crippen molar-refractivity contribution in [1.82, 2.24) is 10.2 Å². The summed E-state index contributed by atoms with van der Waals surface area (Å²) in [4.78, 5) is 34.0. The number of hydrogen-bond donors (Lipinski definition) is 2. The molecular weight excluding hydrogens is 402 g/mol. The molecule has 1 atom stereocenters. The number of anilines is 2. The van der Waals surface area contributed by atoms with Crippen molar-refractivity contribution in [3.8, 4) is 11.5 Å². The number of non-ortho nitro benzene ring substituents is 1. The number of halogens is 1. The number of carbonyl (C=O) groups is 2. The summed E-state index contributed by atoms with van der Waals surface area (Å²) >= 11 is 5.69. The molecule has 0 aliphatic rings. The van der Waals surface area contributed by atoms with E-state index in [1.54, 1.807) is 19.1 Å². The van der Waals surface area contributed by atoms with Crippen molar-refractivity contribution in [1.29, 1.82) is 0 Å². The first-order valence-electron chi connectivity index (χ1n) is 8.28. The van der Waals surface area contributed by atoms with E-state index >= 15 is 0 Å². The Bertz CT molecular complexity index is 1050. The molecule has 0 unspecified atom stereocenters. The summed E-state index contributed by atoms with van der Waals surface area (Å²) in [6, 6.07) is 11.6. The monoisotopic (exact) mass is 415 g/mol. The fourth-order valence-corrected chi connectivity index (χ4v) is 2.29. The number of alkyl halides is 1. The van der Waals surface area contributed by atoms with Crippen LogP contribution >= 0.6 is 11.6 Å². The Hall–Kier alpha value is -3.79. The molecule has 1 aromatic heterocycles. The van der Waals surface area contributed by atoms with Gasteiger partial charge in [-0.25, -0.2) is 0 Å². The van der Waals surface area contributed by atoms with E-state index in [1.807, 2.05) is 0 Å². The predicted octanol–water partition coefficient (Wildman–Crippen LogP) is 3.46. The van der Waals surface area contributed by atoms with Gasteiger partial charge in [0.2, 0.25) is 11.8 Å². The molecule has 148 valence electrons. The molecular formula is C18H14ClN5O5. The van der Waals surface area contributed by atoms with Gasteiger partial charge in [-0.3, -0.25) is 25.0 Å². The number of aromatic nitrogens is 2. The van der Waals surface area contributed by atoms with Crippen molar-refractivity contribution in [3.63, 3.8) is 0 Å². The third-order valence-corrected chi connectivity index (χ3v) is 3.94. The highest BCUT2D eigenvalue weighted by atomic mass is 35.5. The quantitative estimate of drug-likeness (QED) is 0.356. The van der Waals surface area contributed by atoms with Gasteiger partial charge in [-0.2, -0.15) is 0 Å². The highest BCUT2D eigenvalue weighted by Gasteiger charge is 2.15. The van der Waals surface area contributed by atoms with Gasteiger partial charge in [0.15, 0.2) is 0 Å². The molecule has 0 spiro atoms. The molecule has 0 aliphatic heterocycles. The molecule has 11 heteroatoms. The predicted molar refractivity (Wildman–Crippen MR) is 105 cm³/mol. The number of amides is 2. The SMILES string of the molecule is C[C@@H](Cl)C(=O)Nc1ccc(C(=O)Nc2nnc(-c3ccc([N+](=O)[O-])cc3)o2)cc1. The Morgan fingerprint density at radius 1 is 1.07 bits per heavy atom. The lowest BCUT2D eigenvalue weighted by Gasteiger charge is -2.07. The molecule has 2 amide bonds. The Morgan fingerprint density at radius 3 is 2.31 bits per heavy atom. The van der Waals surface area contributed by atoms with Crippen LogP contribution in [0, 0.1) is 10.1 Å². The number of hydrogen-bond acceptors (Lipinski definition) is 7. The first-order valence-corrected chi connectivity index (χ1v) is 8.72. The maximum atomic E-state index is 12.3. The summed E-state index contributed by atoms with van der Waals surface area (Å²) in [7, 11) is 0. The lowest BCUT2D eigenvalue weighted by molar-refractivity contribution is -0.384. The number of carbonyl (C=O) groups excluding carboxylic acids is 2. The number of nitrogens with zero attached hydrogens (tertiary/aromatic N) is 3. The number of nitrogens with one attached hydrogen (secondary N) is 2. The van der Waals surface area contributed by atoms with Crippen LogP contribution < -0.4 is 10.6 Å². The summed E-state index contributed by atoms with van der Waals surface area (Å²) in [6.45, 7) is 1.55. The van der Waals surface area contributed by atoms with Crippen molar-refractivity contribution >= 4 is 40.8 Å². The Kier molecular flexibility index (Phi) is 5.84. The summed E-state index contributed by atoms with van der Waals surface area (Å²) in [5, 5.41) is 22.6. The van der Waals surface area contributed by atoms with Crippen LogP contribution in [0.2, 0.25) is 0 Å². The molecule has 3 rings (SSSR count). The van der Waals surface area contributed by atoms with E-state index < -0.39 is 16.2 Å². The van der Waals surface area contributed by atoms with Crippen LogP contribution in [0.5, 0.6) is 0 Å². The van der Waals surface area contributed by atoms with E-state index in [9.17, 15) is 19.7 Å². The minimum Gasteiger partial charge on any atom is -0.403 e. The summed E-state index contributed by atoms with van der Waals surface area (Å²) in [5.41, 5.74) is 1.20. The Balaban J connectivity index is 1.65. The van der Waals surface area contributed by atoms with E-state index in [-0.39, 0.29) is 23.5 Å². The van der Waals surface area contributed by atoms with Crippen molar-refractivity contribution in [2.45, 2.75) is 12.3 Å². The van der Waals surface area contributed by atoms with Gasteiger partial charge in [0, 0.05) is 28.9 Å². The second-order valence-corrected chi connectivity index (χ2v) is 6.51. The van der Waals surface area contributed by atoms with E-state index in [4.69, 9.17) is 16.0 Å². The van der Waals surface area contributed by atoms with E-state index in [1.165, 1.54) is 36.4 Å². The van der Waals surface area contributed by atoms with Crippen molar-refractivity contribution in [2.75, 3.05) is 10.6 Å². The van der Waals surface area contributed by atoms with Gasteiger partial charge >= 0.3 is 6.01 Å². The van der Waals surface area contributed by atoms with Crippen LogP contribution in [0.15, 0.2) is 52.9 Å². The lowest BCUT2D eigenvalue weighted by atomic mass is 10.2. The average Bonchev–Trinajstić information content (AvgIpc) is 3.17. The smallest absolute Gasteiger partial charge is 0.322 e. The van der Waals surface area contributed by atoms with Crippen LogP contribution in [0.3, 0.4) is 0 Å². The first-order chi connectivity index (χ1) is 13.8. The number of rotatable bonds is 6. The van der Waals surface area contributed by atoms with E-state index in [0.29, 0.717) is 16.8 Å². The fraction of sp³-hybridized carbons (Fsp3) is 0.111. The molecule has 0 aliphatic carbocycles. The molecule has 0 saturated heterocycles. The van der Waals surface area contributed by atoms with Crippen LogP contribution in [0.1, 0.15) is 17.3 Å². The lowest BCUT2D eigenvalue weighted by Crippen LogP contribution is -2.20. The summed E-state index contributed by atoms with van der Waals surface area (Å²) < 4.78 is 5.37. The zero-order chi connectivity index (χ0) is 21.0. The standard InChI is InChI=1S/C18H14ClN5O5/c1-10(19)15(25)20-13-6-2-11(3-7-13)16(26)21-18-23-22-17(29-18)12-4-8-14(9-5-12)24(27)28/h2-10H,1H3,(H,20,25)(H,21,23,26)/t10-/m1/s1. The maximum absolute atomic E-state index is 12.3. The van der Waals surface area contributed by atoms with Gasteiger partial charge in [0.25, 0.3) is 11.6 Å². The molecule has 1 heterocycles. The third-order valence-electron chi connectivity index (χ3n) is 3.75. The Morgan fingerprint density at radius 2 is 1.72 bits per heavy atom. The highest BCUT2D eigenvalue weighted by Crippen LogP contribution is 2.23. The van der Waals surface area contributed by atoms with Crippen molar-refractivity contribution in [3.05, 3.63) is 64.2 Å². The molecule has 3 aromatic rings. The summed E-state index contributed by atoms with van der Waals surface area (Å²) in [6.07, 6.45) is 0. The minimum absolute atomic E-state index is 0.0677. The molecule has 10 nitrogen and oxygen atoms in total. The van der Waals surface area contributed by atoms with Crippen LogP contribution in [-0.2, 0) is 4.79 Å². The normalized spacial score (nSPS) is 11.5. The van der Waals surface area contributed by atoms with Crippen molar-refractivity contribution in [2.24, 2.45) is 0 Å². The number of nitro benzene ring substituents is 1. The van der Waals surface area contributed by atoms with Gasteiger partial charge in [-0.1, -0.05) is 5.10 Å². The number of nitro groups is 1. The van der Waals surface area contributed by atoms with Crippen molar-refractivity contribution < 1.29 is 18.9 Å². The topological polar surface area (TPSA) is 140 Å². The molecule has 0 radical (unpaired) electrons. The van der Waals surface area contributed by atoms with Gasteiger partial charge in [-0.15, -0.1) is 16.7 Å². The molecule has 2 aromatic carbocycles. The minimum atomic E-state index is -0.680. The van der Waals surface area contributed by atoms with Crippen LogP contribution in [-0.4, -0.2) is 32.3 Å². The Labute approximate surface area is 169 Å². The third kappa shape index (κ3) is 4.93. The summed E-state index contributed by atoms with van der Waals surface area (Å²) in [5.74, 6) is -0.746. The molecule has 0 bridgehead atoms. The van der Waals surface area contributed by atoms with Gasteiger partial charge in [0.1, 0.15) is 5.38 Å². The zero-order valence-electron chi connectivity index (χ0n) is 15.0. The first kappa shape index (κ1) is 20.0. The van der Waals surface area contributed by atoms with Gasteiger partial charge in [0.05, 0.1) is 4.92 Å². The fourth-order valence-electron chi connectivity index (χ4n) is 2.23.